The maximum atomic E-state index is 13.1. The van der Waals surface area contributed by atoms with Crippen molar-refractivity contribution in [3.05, 3.63) is 71.3 Å². The van der Waals surface area contributed by atoms with Crippen molar-refractivity contribution >= 4 is 11.8 Å². The van der Waals surface area contributed by atoms with Crippen LogP contribution in [0.4, 0.5) is 0 Å². The van der Waals surface area contributed by atoms with Crippen LogP contribution < -0.4 is 11.1 Å². The molecule has 1 saturated carbocycles. The molecule has 1 aliphatic heterocycles. The summed E-state index contributed by atoms with van der Waals surface area (Å²) in [5, 5.41) is 2.92. The number of aryl methyl sites for hydroxylation is 1. The van der Waals surface area contributed by atoms with Crippen molar-refractivity contribution in [3.8, 4) is 0 Å². The topological polar surface area (TPSA) is 78.7 Å². The number of carbonyl (C=O) groups excluding carboxylic acids is 2. The SMILES string of the molecule is Cc1ccccc1CN(CCc1ccccc1)C1CC(C(=O)NCCN)N(C(=O)C2CC2)C1. The van der Waals surface area contributed by atoms with E-state index in [4.69, 9.17) is 5.73 Å². The van der Waals surface area contributed by atoms with Crippen molar-refractivity contribution in [1.82, 2.24) is 15.1 Å². The molecule has 3 N–H and O–H groups in total. The molecule has 176 valence electrons. The van der Waals surface area contributed by atoms with Gasteiger partial charge in [-0.1, -0.05) is 54.6 Å². The van der Waals surface area contributed by atoms with E-state index in [9.17, 15) is 9.59 Å². The molecule has 2 amide bonds. The van der Waals surface area contributed by atoms with Gasteiger partial charge in [0.2, 0.25) is 11.8 Å². The van der Waals surface area contributed by atoms with E-state index in [-0.39, 0.29) is 23.8 Å². The van der Waals surface area contributed by atoms with Gasteiger partial charge in [0.25, 0.3) is 0 Å². The summed E-state index contributed by atoms with van der Waals surface area (Å²) in [7, 11) is 0. The molecule has 1 heterocycles. The van der Waals surface area contributed by atoms with E-state index in [2.05, 4.69) is 65.7 Å². The molecular weight excluding hydrogens is 412 g/mol. The lowest BCUT2D eigenvalue weighted by Gasteiger charge is -2.29. The van der Waals surface area contributed by atoms with Gasteiger partial charge in [-0.05, 0) is 49.3 Å². The number of nitrogens with one attached hydrogen (secondary N) is 1. The highest BCUT2D eigenvalue weighted by molar-refractivity contribution is 5.90. The quantitative estimate of drug-likeness (QED) is 0.585. The second-order valence-electron chi connectivity index (χ2n) is 9.38. The number of rotatable bonds is 10. The third-order valence-corrected chi connectivity index (χ3v) is 6.92. The Morgan fingerprint density at radius 3 is 2.52 bits per heavy atom. The molecule has 33 heavy (non-hydrogen) atoms. The minimum atomic E-state index is -0.411. The van der Waals surface area contributed by atoms with Gasteiger partial charge < -0.3 is 16.0 Å². The number of amides is 2. The Hall–Kier alpha value is -2.70. The Morgan fingerprint density at radius 1 is 1.09 bits per heavy atom. The van der Waals surface area contributed by atoms with Gasteiger partial charge in [-0.2, -0.15) is 0 Å². The van der Waals surface area contributed by atoms with Gasteiger partial charge in [-0.3, -0.25) is 14.5 Å². The summed E-state index contributed by atoms with van der Waals surface area (Å²) >= 11 is 0. The van der Waals surface area contributed by atoms with Gasteiger partial charge in [0.05, 0.1) is 0 Å². The number of benzene rings is 2. The van der Waals surface area contributed by atoms with Crippen LogP contribution in [0.5, 0.6) is 0 Å². The molecule has 4 rings (SSSR count). The Kier molecular flexibility index (Phi) is 7.78. The van der Waals surface area contributed by atoms with Crippen LogP contribution in [0.15, 0.2) is 54.6 Å². The number of hydrogen-bond acceptors (Lipinski definition) is 4. The van der Waals surface area contributed by atoms with Crippen molar-refractivity contribution in [2.75, 3.05) is 26.2 Å². The maximum absolute atomic E-state index is 13.1. The first-order valence-electron chi connectivity index (χ1n) is 12.2. The highest BCUT2D eigenvalue weighted by atomic mass is 16.2. The van der Waals surface area contributed by atoms with Crippen LogP contribution in [0.1, 0.15) is 36.0 Å². The largest absolute Gasteiger partial charge is 0.353 e. The molecular formula is C27H36N4O2. The summed E-state index contributed by atoms with van der Waals surface area (Å²) < 4.78 is 0. The highest BCUT2D eigenvalue weighted by Gasteiger charge is 2.45. The molecule has 6 heteroatoms. The Bertz CT molecular complexity index is 944. The summed E-state index contributed by atoms with van der Waals surface area (Å²) in [5.74, 6) is 0.169. The molecule has 2 atom stereocenters. The van der Waals surface area contributed by atoms with Gasteiger partial charge in [-0.25, -0.2) is 0 Å². The van der Waals surface area contributed by atoms with Gasteiger partial charge in [0.15, 0.2) is 0 Å². The zero-order valence-electron chi connectivity index (χ0n) is 19.6. The fourth-order valence-corrected chi connectivity index (χ4v) is 4.76. The monoisotopic (exact) mass is 448 g/mol. The minimum Gasteiger partial charge on any atom is -0.353 e. The number of nitrogens with zero attached hydrogens (tertiary/aromatic N) is 2. The average molecular weight is 449 g/mol. The van der Waals surface area contributed by atoms with E-state index in [0.29, 0.717) is 26.1 Å². The zero-order valence-corrected chi connectivity index (χ0v) is 19.6. The Morgan fingerprint density at radius 2 is 1.82 bits per heavy atom. The van der Waals surface area contributed by atoms with Gasteiger partial charge in [0, 0.05) is 44.7 Å². The van der Waals surface area contributed by atoms with E-state index in [0.717, 1.165) is 32.4 Å². The molecule has 2 aliphatic rings. The van der Waals surface area contributed by atoms with Crippen LogP contribution in [-0.4, -0.2) is 59.9 Å². The zero-order chi connectivity index (χ0) is 23.2. The first-order chi connectivity index (χ1) is 16.1. The molecule has 0 bridgehead atoms. The van der Waals surface area contributed by atoms with Crippen molar-refractivity contribution in [1.29, 1.82) is 0 Å². The highest BCUT2D eigenvalue weighted by Crippen LogP contribution is 2.35. The first kappa shape index (κ1) is 23.5. The molecule has 0 aromatic heterocycles. The lowest BCUT2D eigenvalue weighted by molar-refractivity contribution is -0.139. The summed E-state index contributed by atoms with van der Waals surface area (Å²) in [6, 6.07) is 18.7. The fourth-order valence-electron chi connectivity index (χ4n) is 4.76. The van der Waals surface area contributed by atoms with Gasteiger partial charge in [0.1, 0.15) is 6.04 Å². The van der Waals surface area contributed by atoms with Crippen LogP contribution in [0.25, 0.3) is 0 Å². The number of nitrogens with two attached hydrogens (primary N) is 1. The Balaban J connectivity index is 1.54. The summed E-state index contributed by atoms with van der Waals surface area (Å²) in [4.78, 5) is 30.3. The number of hydrogen-bond donors (Lipinski definition) is 2. The average Bonchev–Trinajstić information content (AvgIpc) is 3.59. The first-order valence-corrected chi connectivity index (χ1v) is 12.2. The van der Waals surface area contributed by atoms with Gasteiger partial charge in [-0.15, -0.1) is 0 Å². The van der Waals surface area contributed by atoms with E-state index >= 15 is 0 Å². The molecule has 0 spiro atoms. The normalized spacial score (nSPS) is 20.3. The minimum absolute atomic E-state index is 0.0733. The van der Waals surface area contributed by atoms with E-state index < -0.39 is 6.04 Å². The molecule has 1 aliphatic carbocycles. The Labute approximate surface area is 197 Å². The van der Waals surface area contributed by atoms with Crippen molar-refractivity contribution in [2.45, 2.75) is 51.2 Å². The predicted molar refractivity (Wildman–Crippen MR) is 130 cm³/mol. The van der Waals surface area contributed by atoms with E-state index in [1.165, 1.54) is 16.7 Å². The van der Waals surface area contributed by atoms with Crippen molar-refractivity contribution in [3.63, 3.8) is 0 Å². The number of carbonyl (C=O) groups is 2. The third-order valence-electron chi connectivity index (χ3n) is 6.92. The molecule has 6 nitrogen and oxygen atoms in total. The molecule has 2 fully saturated rings. The number of likely N-dealkylation sites (tertiary alicyclic amines) is 1. The lowest BCUT2D eigenvalue weighted by atomic mass is 10.0. The molecule has 1 saturated heterocycles. The second-order valence-corrected chi connectivity index (χ2v) is 9.38. The summed E-state index contributed by atoms with van der Waals surface area (Å²) in [6.45, 7) is 5.28. The second kappa shape index (κ2) is 10.9. The molecule has 2 aromatic carbocycles. The van der Waals surface area contributed by atoms with Gasteiger partial charge >= 0.3 is 0 Å². The summed E-state index contributed by atoms with van der Waals surface area (Å²) in [6.07, 6.45) is 3.48. The van der Waals surface area contributed by atoms with Crippen LogP contribution in [-0.2, 0) is 22.6 Å². The van der Waals surface area contributed by atoms with Crippen LogP contribution >= 0.6 is 0 Å². The predicted octanol–water partition coefficient (Wildman–Crippen LogP) is 2.49. The fraction of sp³-hybridized carbons (Fsp3) is 0.481. The standard InChI is InChI=1S/C27H36N4O2/c1-20-7-5-6-10-23(20)18-30(16-13-21-8-3-2-4-9-21)24-17-25(26(32)29-15-14-28)31(19-24)27(33)22-11-12-22/h2-10,22,24-25H,11-19,28H2,1H3,(H,29,32). The van der Waals surface area contributed by atoms with Crippen LogP contribution in [0.2, 0.25) is 0 Å². The van der Waals surface area contributed by atoms with E-state index in [1.54, 1.807) is 0 Å². The molecule has 2 unspecified atom stereocenters. The maximum Gasteiger partial charge on any atom is 0.242 e. The third kappa shape index (κ3) is 6.01. The molecule has 0 radical (unpaired) electrons. The molecule has 2 aromatic rings. The smallest absolute Gasteiger partial charge is 0.242 e. The van der Waals surface area contributed by atoms with Crippen molar-refractivity contribution in [2.24, 2.45) is 11.7 Å². The van der Waals surface area contributed by atoms with Crippen LogP contribution in [0, 0.1) is 12.8 Å². The summed E-state index contributed by atoms with van der Waals surface area (Å²) in [5.41, 5.74) is 9.45. The van der Waals surface area contributed by atoms with E-state index in [1.807, 2.05) is 11.0 Å². The van der Waals surface area contributed by atoms with Crippen LogP contribution in [0.3, 0.4) is 0 Å². The van der Waals surface area contributed by atoms with Crippen molar-refractivity contribution < 1.29 is 9.59 Å². The lowest BCUT2D eigenvalue weighted by Crippen LogP contribution is -2.47.